The van der Waals surface area contributed by atoms with E-state index in [9.17, 15) is 14.4 Å². The highest BCUT2D eigenvalue weighted by Gasteiger charge is 2.35. The number of carbonyl (C=O) groups is 2. The molecule has 32 heavy (non-hydrogen) atoms. The molecule has 0 unspecified atom stereocenters. The average molecular weight is 431 g/mol. The minimum absolute atomic E-state index is 0.0700. The van der Waals surface area contributed by atoms with E-state index in [0.29, 0.717) is 36.2 Å². The summed E-state index contributed by atoms with van der Waals surface area (Å²) in [6.45, 7) is 3.06. The molecule has 3 aromatic rings. The van der Waals surface area contributed by atoms with Gasteiger partial charge >= 0.3 is 0 Å². The van der Waals surface area contributed by atoms with Crippen molar-refractivity contribution in [1.29, 1.82) is 0 Å². The highest BCUT2D eigenvalue weighted by atomic mass is 16.5. The lowest BCUT2D eigenvalue weighted by Gasteiger charge is -2.37. The number of carbonyl (C=O) groups excluding carboxylic acids is 2. The molecule has 7 heteroatoms. The van der Waals surface area contributed by atoms with E-state index in [4.69, 9.17) is 4.74 Å². The Morgan fingerprint density at radius 1 is 1.12 bits per heavy atom. The van der Waals surface area contributed by atoms with Gasteiger partial charge in [0.15, 0.2) is 5.78 Å². The van der Waals surface area contributed by atoms with Gasteiger partial charge in [0.05, 0.1) is 17.1 Å². The van der Waals surface area contributed by atoms with Crippen LogP contribution in [0.2, 0.25) is 0 Å². The summed E-state index contributed by atoms with van der Waals surface area (Å²) in [4.78, 5) is 39.9. The molecule has 2 aliphatic heterocycles. The number of likely N-dealkylation sites (tertiary alicyclic amines) is 1. The van der Waals surface area contributed by atoms with Crippen molar-refractivity contribution in [3.8, 4) is 5.75 Å². The molecule has 164 valence electrons. The Morgan fingerprint density at radius 3 is 2.72 bits per heavy atom. The topological polar surface area (TPSA) is 81.5 Å². The molecule has 1 amide bonds. The predicted octanol–water partition coefficient (Wildman–Crippen LogP) is 2.98. The van der Waals surface area contributed by atoms with Crippen molar-refractivity contribution in [3.63, 3.8) is 0 Å². The molecule has 1 aromatic heterocycles. The van der Waals surface area contributed by atoms with Crippen molar-refractivity contribution < 1.29 is 14.3 Å². The normalized spacial score (nSPS) is 19.0. The standard InChI is InChI=1S/C25H25N3O4/c1-16-6-7-22-20(12-16)21(29)13-23(32-22)17-8-10-27(11-9-17)24(30)15-28-25(31)19-5-3-2-4-18(19)14-26-28/h2-7,12,14,17,23H,8-11,13,15H2,1H3/t23-/m1/s1. The monoisotopic (exact) mass is 431 g/mol. The fourth-order valence-electron chi connectivity index (χ4n) is 4.71. The number of fused-ring (bicyclic) bond motifs is 2. The van der Waals surface area contributed by atoms with Crippen LogP contribution in [0.5, 0.6) is 5.75 Å². The van der Waals surface area contributed by atoms with Crippen LogP contribution in [0.3, 0.4) is 0 Å². The van der Waals surface area contributed by atoms with Crippen LogP contribution in [0.1, 0.15) is 35.2 Å². The van der Waals surface area contributed by atoms with Crippen LogP contribution in [0.15, 0.2) is 53.5 Å². The lowest BCUT2D eigenvalue weighted by atomic mass is 9.85. The maximum atomic E-state index is 12.8. The number of aryl methyl sites for hydroxylation is 1. The number of aromatic nitrogens is 2. The number of nitrogens with zero attached hydrogens (tertiary/aromatic N) is 3. The number of piperidine rings is 1. The summed E-state index contributed by atoms with van der Waals surface area (Å²) >= 11 is 0. The number of benzene rings is 2. The van der Waals surface area contributed by atoms with Crippen LogP contribution < -0.4 is 10.3 Å². The summed E-state index contributed by atoms with van der Waals surface area (Å²) in [6, 6.07) is 13.0. The zero-order valence-electron chi connectivity index (χ0n) is 18.0. The molecule has 1 saturated heterocycles. The van der Waals surface area contributed by atoms with Crippen LogP contribution >= 0.6 is 0 Å². The van der Waals surface area contributed by atoms with Crippen LogP contribution in [0, 0.1) is 12.8 Å². The van der Waals surface area contributed by atoms with Gasteiger partial charge in [0.1, 0.15) is 18.4 Å². The Kier molecular flexibility index (Phi) is 5.25. The van der Waals surface area contributed by atoms with Crippen LogP contribution in [-0.4, -0.2) is 45.6 Å². The second-order valence-electron chi connectivity index (χ2n) is 8.70. The molecule has 0 radical (unpaired) electrons. The first-order valence-electron chi connectivity index (χ1n) is 11.0. The quantitative estimate of drug-likeness (QED) is 0.637. The van der Waals surface area contributed by atoms with E-state index in [-0.39, 0.29) is 35.8 Å². The van der Waals surface area contributed by atoms with Gasteiger partial charge in [0.2, 0.25) is 5.91 Å². The second-order valence-corrected chi connectivity index (χ2v) is 8.70. The molecule has 0 saturated carbocycles. The molecule has 1 atom stereocenters. The first kappa shape index (κ1) is 20.4. The first-order chi connectivity index (χ1) is 15.5. The molecule has 3 heterocycles. The van der Waals surface area contributed by atoms with Crippen molar-refractivity contribution >= 4 is 22.5 Å². The van der Waals surface area contributed by atoms with Gasteiger partial charge in [-0.25, -0.2) is 4.68 Å². The maximum Gasteiger partial charge on any atom is 0.275 e. The van der Waals surface area contributed by atoms with Gasteiger partial charge in [-0.1, -0.05) is 29.8 Å². The summed E-state index contributed by atoms with van der Waals surface area (Å²) in [7, 11) is 0. The highest BCUT2D eigenvalue weighted by molar-refractivity contribution is 6.00. The van der Waals surface area contributed by atoms with Crippen molar-refractivity contribution in [2.24, 2.45) is 5.92 Å². The number of amides is 1. The number of ketones is 1. The highest BCUT2D eigenvalue weighted by Crippen LogP contribution is 2.34. The van der Waals surface area contributed by atoms with E-state index < -0.39 is 0 Å². The molecule has 0 spiro atoms. The number of Topliss-reactive ketones (excluding diaryl/α,β-unsaturated/α-hetero) is 1. The minimum Gasteiger partial charge on any atom is -0.489 e. The van der Waals surface area contributed by atoms with Crippen LogP contribution in [0.25, 0.3) is 10.8 Å². The first-order valence-corrected chi connectivity index (χ1v) is 11.0. The van der Waals surface area contributed by atoms with Crippen molar-refractivity contribution in [2.75, 3.05) is 13.1 Å². The summed E-state index contributed by atoms with van der Waals surface area (Å²) in [5, 5.41) is 5.49. The predicted molar refractivity (Wildman–Crippen MR) is 120 cm³/mol. The van der Waals surface area contributed by atoms with Gasteiger partial charge in [-0.2, -0.15) is 5.10 Å². The van der Waals surface area contributed by atoms with E-state index in [1.54, 1.807) is 23.2 Å². The molecule has 0 N–H and O–H groups in total. The third-order valence-electron chi connectivity index (χ3n) is 6.57. The number of hydrogen-bond donors (Lipinski definition) is 0. The molecule has 0 aliphatic carbocycles. The Hall–Kier alpha value is -3.48. The summed E-state index contributed by atoms with van der Waals surface area (Å²) in [5.74, 6) is 0.895. The Bertz CT molecular complexity index is 1260. The van der Waals surface area contributed by atoms with E-state index in [2.05, 4.69) is 5.10 Å². The molecular formula is C25H25N3O4. The van der Waals surface area contributed by atoms with Crippen molar-refractivity contribution in [2.45, 2.75) is 38.8 Å². The van der Waals surface area contributed by atoms with Crippen LogP contribution in [0.4, 0.5) is 0 Å². The summed E-state index contributed by atoms with van der Waals surface area (Å²) < 4.78 is 7.40. The van der Waals surface area contributed by atoms with E-state index in [1.807, 2.05) is 37.3 Å². The van der Waals surface area contributed by atoms with Crippen molar-refractivity contribution in [1.82, 2.24) is 14.7 Å². The number of hydrogen-bond acceptors (Lipinski definition) is 5. The summed E-state index contributed by atoms with van der Waals surface area (Å²) in [5.41, 5.74) is 1.46. The van der Waals surface area contributed by atoms with E-state index in [0.717, 1.165) is 23.8 Å². The zero-order valence-corrected chi connectivity index (χ0v) is 18.0. The van der Waals surface area contributed by atoms with E-state index >= 15 is 0 Å². The number of ether oxygens (including phenoxy) is 1. The molecule has 2 aliphatic rings. The van der Waals surface area contributed by atoms with Gasteiger partial charge < -0.3 is 9.64 Å². The van der Waals surface area contributed by atoms with Gasteiger partial charge in [-0.3, -0.25) is 14.4 Å². The largest absolute Gasteiger partial charge is 0.489 e. The lowest BCUT2D eigenvalue weighted by Crippen LogP contribution is -2.45. The Labute approximate surface area is 185 Å². The maximum absolute atomic E-state index is 12.8. The molecular weight excluding hydrogens is 406 g/mol. The van der Waals surface area contributed by atoms with E-state index in [1.165, 1.54) is 4.68 Å². The molecule has 0 bridgehead atoms. The molecule has 1 fully saturated rings. The third-order valence-corrected chi connectivity index (χ3v) is 6.57. The SMILES string of the molecule is Cc1ccc2c(c1)C(=O)C[C@H](C1CCN(C(=O)Cn3ncc4ccccc4c3=O)CC1)O2. The zero-order chi connectivity index (χ0) is 22.2. The smallest absolute Gasteiger partial charge is 0.275 e. The average Bonchev–Trinajstić information content (AvgIpc) is 2.81. The Balaban J connectivity index is 1.22. The fourth-order valence-corrected chi connectivity index (χ4v) is 4.71. The van der Waals surface area contributed by atoms with Crippen LogP contribution in [-0.2, 0) is 11.3 Å². The van der Waals surface area contributed by atoms with Gasteiger partial charge in [0, 0.05) is 24.9 Å². The molecule has 7 nitrogen and oxygen atoms in total. The molecule has 5 rings (SSSR count). The van der Waals surface area contributed by atoms with Gasteiger partial charge in [-0.05, 0) is 43.9 Å². The summed E-state index contributed by atoms with van der Waals surface area (Å²) in [6.07, 6.45) is 3.38. The lowest BCUT2D eigenvalue weighted by molar-refractivity contribution is -0.134. The fraction of sp³-hybridized carbons (Fsp3) is 0.360. The molecule has 2 aromatic carbocycles. The van der Waals surface area contributed by atoms with Gasteiger partial charge in [0.25, 0.3) is 5.56 Å². The Morgan fingerprint density at radius 2 is 1.91 bits per heavy atom. The second kappa shape index (κ2) is 8.22. The van der Waals surface area contributed by atoms with Crippen molar-refractivity contribution in [3.05, 3.63) is 70.1 Å². The van der Waals surface area contributed by atoms with Gasteiger partial charge in [-0.15, -0.1) is 0 Å². The third kappa shape index (κ3) is 3.79. The number of rotatable bonds is 3. The minimum atomic E-state index is -0.255.